The number of hydrogen-bond donors (Lipinski definition) is 1. The zero-order valence-electron chi connectivity index (χ0n) is 10.1. The van der Waals surface area contributed by atoms with Gasteiger partial charge in [-0.2, -0.15) is 0 Å². The normalized spacial score (nSPS) is 17.7. The van der Waals surface area contributed by atoms with Crippen LogP contribution in [0.4, 0.5) is 0 Å². The molecule has 1 aromatic rings. The first-order valence-corrected chi connectivity index (χ1v) is 6.51. The summed E-state index contributed by atoms with van der Waals surface area (Å²) in [6.45, 7) is 6.60. The van der Waals surface area contributed by atoms with Gasteiger partial charge in [-0.15, -0.1) is 0 Å². The molecule has 0 unspecified atom stereocenters. The smallest absolute Gasteiger partial charge is 0.0440 e. The molecule has 88 valence electrons. The molecule has 1 saturated heterocycles. The van der Waals surface area contributed by atoms with Crippen molar-refractivity contribution in [3.63, 3.8) is 0 Å². The van der Waals surface area contributed by atoms with Crippen LogP contribution >= 0.6 is 11.6 Å². The Labute approximate surface area is 103 Å². The van der Waals surface area contributed by atoms with E-state index in [-0.39, 0.29) is 0 Å². The Morgan fingerprint density at radius 1 is 1.25 bits per heavy atom. The highest BCUT2D eigenvalue weighted by molar-refractivity contribution is 6.31. The summed E-state index contributed by atoms with van der Waals surface area (Å²) in [6.07, 6.45) is 3.78. The van der Waals surface area contributed by atoms with Crippen molar-refractivity contribution in [2.75, 3.05) is 13.1 Å². The van der Waals surface area contributed by atoms with Crippen LogP contribution in [-0.2, 0) is 6.42 Å². The molecule has 0 aromatic heterocycles. The van der Waals surface area contributed by atoms with Gasteiger partial charge in [0, 0.05) is 5.02 Å². The summed E-state index contributed by atoms with van der Waals surface area (Å²) >= 11 is 6.22. The van der Waals surface area contributed by atoms with E-state index in [0.717, 1.165) is 10.9 Å². The highest BCUT2D eigenvalue weighted by Gasteiger charge is 2.15. The summed E-state index contributed by atoms with van der Waals surface area (Å²) < 4.78 is 0. The minimum Gasteiger partial charge on any atom is -0.317 e. The number of hydrogen-bond acceptors (Lipinski definition) is 1. The van der Waals surface area contributed by atoms with Gasteiger partial charge < -0.3 is 5.32 Å². The molecule has 1 aliphatic heterocycles. The largest absolute Gasteiger partial charge is 0.317 e. The minimum absolute atomic E-state index is 0.831. The molecule has 1 nitrogen and oxygen atoms in total. The number of nitrogens with one attached hydrogen (secondary N) is 1. The van der Waals surface area contributed by atoms with Crippen LogP contribution in [0.5, 0.6) is 0 Å². The summed E-state index contributed by atoms with van der Waals surface area (Å²) in [5.74, 6) is 0.831. The fourth-order valence-corrected chi connectivity index (χ4v) is 2.79. The molecule has 0 saturated carbocycles. The van der Waals surface area contributed by atoms with Crippen LogP contribution in [0, 0.1) is 19.8 Å². The Morgan fingerprint density at radius 2 is 1.94 bits per heavy atom. The van der Waals surface area contributed by atoms with Gasteiger partial charge in [0.05, 0.1) is 0 Å². The molecule has 0 aliphatic carbocycles. The highest BCUT2D eigenvalue weighted by atomic mass is 35.5. The second-order valence-corrected chi connectivity index (χ2v) is 5.34. The van der Waals surface area contributed by atoms with E-state index in [1.807, 2.05) is 0 Å². The second kappa shape index (κ2) is 5.20. The molecule has 0 bridgehead atoms. The lowest BCUT2D eigenvalue weighted by Crippen LogP contribution is -2.28. The van der Waals surface area contributed by atoms with Crippen molar-refractivity contribution in [1.29, 1.82) is 0 Å². The van der Waals surface area contributed by atoms with Crippen molar-refractivity contribution in [3.05, 3.63) is 33.8 Å². The first kappa shape index (κ1) is 11.9. The van der Waals surface area contributed by atoms with Gasteiger partial charge in [0.1, 0.15) is 0 Å². The Balaban J connectivity index is 2.13. The lowest BCUT2D eigenvalue weighted by Gasteiger charge is -2.23. The third-order valence-electron chi connectivity index (χ3n) is 3.56. The summed E-state index contributed by atoms with van der Waals surface area (Å²) in [6, 6.07) is 4.35. The molecular formula is C14H20ClN. The van der Waals surface area contributed by atoms with E-state index in [1.165, 1.54) is 49.0 Å². The van der Waals surface area contributed by atoms with Crippen molar-refractivity contribution in [2.45, 2.75) is 33.1 Å². The lowest BCUT2D eigenvalue weighted by molar-refractivity contribution is 0.372. The Hall–Kier alpha value is -0.530. The second-order valence-electron chi connectivity index (χ2n) is 4.93. The van der Waals surface area contributed by atoms with Crippen LogP contribution in [0.25, 0.3) is 0 Å². The van der Waals surface area contributed by atoms with Crippen molar-refractivity contribution >= 4 is 11.6 Å². The number of piperidine rings is 1. The van der Waals surface area contributed by atoms with Gasteiger partial charge in [0.2, 0.25) is 0 Å². The van der Waals surface area contributed by atoms with Gasteiger partial charge in [0.25, 0.3) is 0 Å². The fraction of sp³-hybridized carbons (Fsp3) is 0.571. The maximum absolute atomic E-state index is 6.22. The molecule has 16 heavy (non-hydrogen) atoms. The average molecular weight is 238 g/mol. The molecule has 0 spiro atoms. The topological polar surface area (TPSA) is 12.0 Å². The molecule has 0 amide bonds. The van der Waals surface area contributed by atoms with Crippen LogP contribution in [0.3, 0.4) is 0 Å². The standard InChI is InChI=1S/C14H20ClN/c1-10-7-13(11(2)14(15)8-10)9-12-3-5-16-6-4-12/h7-8,12,16H,3-6,9H2,1-2H3. The Kier molecular flexibility index (Phi) is 3.88. The monoisotopic (exact) mass is 237 g/mol. The predicted octanol–water partition coefficient (Wildman–Crippen LogP) is 3.50. The third-order valence-corrected chi connectivity index (χ3v) is 3.96. The lowest BCUT2D eigenvalue weighted by atomic mass is 9.89. The van der Waals surface area contributed by atoms with E-state index in [1.54, 1.807) is 0 Å². The van der Waals surface area contributed by atoms with Crippen LogP contribution in [0.15, 0.2) is 12.1 Å². The molecule has 1 N–H and O–H groups in total. The molecular weight excluding hydrogens is 218 g/mol. The SMILES string of the molecule is Cc1cc(Cl)c(C)c(CC2CCNCC2)c1. The molecule has 1 fully saturated rings. The van der Waals surface area contributed by atoms with Gasteiger partial charge in [-0.1, -0.05) is 17.7 Å². The minimum atomic E-state index is 0.831. The molecule has 2 rings (SSSR count). The van der Waals surface area contributed by atoms with E-state index < -0.39 is 0 Å². The Morgan fingerprint density at radius 3 is 2.62 bits per heavy atom. The van der Waals surface area contributed by atoms with E-state index >= 15 is 0 Å². The van der Waals surface area contributed by atoms with Gasteiger partial charge in [0.15, 0.2) is 0 Å². The Bertz CT molecular complexity index is 367. The third kappa shape index (κ3) is 2.78. The van der Waals surface area contributed by atoms with E-state index in [0.29, 0.717) is 0 Å². The van der Waals surface area contributed by atoms with E-state index in [2.05, 4.69) is 31.3 Å². The van der Waals surface area contributed by atoms with Crippen molar-refractivity contribution in [1.82, 2.24) is 5.32 Å². The predicted molar refractivity (Wildman–Crippen MR) is 70.2 cm³/mol. The van der Waals surface area contributed by atoms with Crippen molar-refractivity contribution in [2.24, 2.45) is 5.92 Å². The number of rotatable bonds is 2. The van der Waals surface area contributed by atoms with E-state index in [9.17, 15) is 0 Å². The molecule has 1 aliphatic rings. The zero-order valence-corrected chi connectivity index (χ0v) is 10.9. The maximum Gasteiger partial charge on any atom is 0.0440 e. The zero-order chi connectivity index (χ0) is 11.5. The van der Waals surface area contributed by atoms with Crippen LogP contribution < -0.4 is 5.32 Å². The molecule has 0 radical (unpaired) electrons. The number of aryl methyl sites for hydroxylation is 1. The molecule has 1 heterocycles. The molecule has 2 heteroatoms. The summed E-state index contributed by atoms with van der Waals surface area (Å²) in [5, 5.41) is 4.33. The van der Waals surface area contributed by atoms with Crippen LogP contribution in [0.1, 0.15) is 29.5 Å². The molecule has 0 atom stereocenters. The van der Waals surface area contributed by atoms with E-state index in [4.69, 9.17) is 11.6 Å². The van der Waals surface area contributed by atoms with Crippen LogP contribution in [-0.4, -0.2) is 13.1 Å². The van der Waals surface area contributed by atoms with Crippen molar-refractivity contribution < 1.29 is 0 Å². The van der Waals surface area contributed by atoms with Gasteiger partial charge in [-0.05, 0) is 74.9 Å². The van der Waals surface area contributed by atoms with Gasteiger partial charge >= 0.3 is 0 Å². The van der Waals surface area contributed by atoms with Gasteiger partial charge in [-0.3, -0.25) is 0 Å². The average Bonchev–Trinajstić information content (AvgIpc) is 2.27. The summed E-state index contributed by atoms with van der Waals surface area (Å²) in [7, 11) is 0. The quantitative estimate of drug-likeness (QED) is 0.830. The van der Waals surface area contributed by atoms with Gasteiger partial charge in [-0.25, -0.2) is 0 Å². The summed E-state index contributed by atoms with van der Waals surface area (Å²) in [5.41, 5.74) is 3.99. The maximum atomic E-state index is 6.22. The first-order valence-electron chi connectivity index (χ1n) is 6.13. The molecule has 1 aromatic carbocycles. The van der Waals surface area contributed by atoms with Crippen LogP contribution in [0.2, 0.25) is 5.02 Å². The fourth-order valence-electron chi connectivity index (χ4n) is 2.50. The van der Waals surface area contributed by atoms with Crippen molar-refractivity contribution in [3.8, 4) is 0 Å². The highest BCUT2D eigenvalue weighted by Crippen LogP contribution is 2.26. The summed E-state index contributed by atoms with van der Waals surface area (Å²) in [4.78, 5) is 0. The first-order chi connectivity index (χ1) is 7.66. The number of benzene rings is 1. The number of halogens is 1.